The molecule has 0 saturated carbocycles. The number of amides is 1. The average Bonchev–Trinajstić information content (AvgIpc) is 3.46. The van der Waals surface area contributed by atoms with Crippen LogP contribution in [0.4, 0.5) is 4.79 Å². The first-order valence-corrected chi connectivity index (χ1v) is 17.9. The quantitative estimate of drug-likeness (QED) is 0.0608. The van der Waals surface area contributed by atoms with Gasteiger partial charge in [-0.3, -0.25) is 19.3 Å². The molecule has 0 aromatic rings. The summed E-state index contributed by atoms with van der Waals surface area (Å²) in [7, 11) is 5.22. The van der Waals surface area contributed by atoms with E-state index in [1.165, 1.54) is 18.9 Å². The van der Waals surface area contributed by atoms with E-state index in [1.54, 1.807) is 34.6 Å². The largest absolute Gasteiger partial charge is 0.462 e. The molecular weight excluding hydrogens is 666 g/mol. The number of aliphatic hydroxyl groups is 1. The van der Waals surface area contributed by atoms with Crippen LogP contribution in [0.25, 0.3) is 10.4 Å². The maximum atomic E-state index is 14.0. The number of methoxy groups -OCH3 is 1. The number of ether oxygens (including phenoxy) is 6. The number of ketones is 1. The summed E-state index contributed by atoms with van der Waals surface area (Å²) in [5.41, 5.74) is 7.51. The van der Waals surface area contributed by atoms with E-state index in [4.69, 9.17) is 34.0 Å². The van der Waals surface area contributed by atoms with Crippen LogP contribution in [0.5, 0.6) is 0 Å². The van der Waals surface area contributed by atoms with E-state index in [-0.39, 0.29) is 43.7 Å². The number of cyclic esters (lactones) is 1. The molecule has 292 valence electrons. The molecule has 0 aromatic carbocycles. The van der Waals surface area contributed by atoms with Crippen LogP contribution >= 0.6 is 0 Å². The predicted octanol–water partition coefficient (Wildman–Crippen LogP) is 4.46. The molecule has 2 fully saturated rings. The molecule has 16 heteroatoms. The second-order valence-corrected chi connectivity index (χ2v) is 14.5. The van der Waals surface area contributed by atoms with Gasteiger partial charge in [0.2, 0.25) is 0 Å². The van der Waals surface area contributed by atoms with Gasteiger partial charge in [-0.15, -0.1) is 0 Å². The Kier molecular flexibility index (Phi) is 17.1. The number of azide groups is 1. The number of carbonyl (C=O) groups excluding carboxylic acids is 4. The van der Waals surface area contributed by atoms with Crippen LogP contribution in [0.1, 0.15) is 88.0 Å². The number of likely N-dealkylation sites (N-methyl/N-ethyl adjacent to an activating group) is 1. The molecule has 16 nitrogen and oxygen atoms in total. The lowest BCUT2D eigenvalue weighted by Crippen LogP contribution is -2.60. The Morgan fingerprint density at radius 1 is 1.18 bits per heavy atom. The molecular formula is C35H61N5O11. The second kappa shape index (κ2) is 19.7. The molecule has 5 unspecified atom stereocenters. The summed E-state index contributed by atoms with van der Waals surface area (Å²) >= 11 is 0. The van der Waals surface area contributed by atoms with Gasteiger partial charge in [0.25, 0.3) is 0 Å². The SMILES string of the molecule is CCC(CC)OC(=O)[C@H](C)[C@@H](O)C(C)[C@@H](OC1OC(C)CC(N(C)C)C1OC(C)=O)[C@](C)(C[C@@H](C)C(=O)[C@H](C)[C@@H]1COC(=O)N1CN=[N+]=[N-])OC. The van der Waals surface area contributed by atoms with Crippen LogP contribution in [-0.4, -0.2) is 128 Å². The molecule has 1 amide bonds. The summed E-state index contributed by atoms with van der Waals surface area (Å²) in [4.78, 5) is 57.7. The van der Waals surface area contributed by atoms with E-state index < -0.39 is 77.9 Å². The third-order valence-electron chi connectivity index (χ3n) is 10.5. The van der Waals surface area contributed by atoms with Gasteiger partial charge in [-0.05, 0) is 66.1 Å². The molecule has 2 heterocycles. The molecule has 2 aliphatic heterocycles. The fourth-order valence-electron chi connectivity index (χ4n) is 7.23. The summed E-state index contributed by atoms with van der Waals surface area (Å²) in [6.45, 7) is 15.2. The van der Waals surface area contributed by atoms with Crippen LogP contribution in [0, 0.1) is 23.7 Å². The summed E-state index contributed by atoms with van der Waals surface area (Å²) in [5, 5.41) is 15.2. The Bertz CT molecular complexity index is 1230. The predicted molar refractivity (Wildman–Crippen MR) is 186 cm³/mol. The lowest BCUT2D eigenvalue weighted by atomic mass is 9.75. The average molecular weight is 728 g/mol. The summed E-state index contributed by atoms with van der Waals surface area (Å²) < 4.78 is 35.8. The molecule has 0 bridgehead atoms. The summed E-state index contributed by atoms with van der Waals surface area (Å²) in [5.74, 6) is -4.37. The van der Waals surface area contributed by atoms with Crippen LogP contribution < -0.4 is 0 Å². The van der Waals surface area contributed by atoms with Crippen LogP contribution in [0.3, 0.4) is 0 Å². The lowest BCUT2D eigenvalue weighted by Gasteiger charge is -2.48. The lowest BCUT2D eigenvalue weighted by molar-refractivity contribution is -0.303. The van der Waals surface area contributed by atoms with E-state index in [1.807, 2.05) is 39.8 Å². The highest BCUT2D eigenvalue weighted by Gasteiger charge is 2.51. The number of rotatable bonds is 20. The Labute approximate surface area is 302 Å². The molecule has 2 saturated heterocycles. The summed E-state index contributed by atoms with van der Waals surface area (Å²) in [6.07, 6.45) is -3.57. The van der Waals surface area contributed by atoms with Gasteiger partial charge in [0.05, 0.1) is 41.9 Å². The van der Waals surface area contributed by atoms with Crippen molar-refractivity contribution in [2.24, 2.45) is 28.8 Å². The highest BCUT2D eigenvalue weighted by Crippen LogP contribution is 2.38. The third kappa shape index (κ3) is 11.2. The first-order valence-electron chi connectivity index (χ1n) is 17.9. The van der Waals surface area contributed by atoms with Crippen molar-refractivity contribution in [1.29, 1.82) is 0 Å². The van der Waals surface area contributed by atoms with Gasteiger partial charge < -0.3 is 38.4 Å². The van der Waals surface area contributed by atoms with Gasteiger partial charge in [0, 0.05) is 36.7 Å². The monoisotopic (exact) mass is 727 g/mol. The molecule has 0 aromatic heterocycles. The zero-order valence-corrected chi connectivity index (χ0v) is 32.4. The molecule has 1 N–H and O–H groups in total. The molecule has 12 atom stereocenters. The fourth-order valence-corrected chi connectivity index (χ4v) is 7.23. The number of esters is 2. The van der Waals surface area contributed by atoms with Crippen LogP contribution in [0.15, 0.2) is 5.11 Å². The van der Waals surface area contributed by atoms with Gasteiger partial charge in [-0.2, -0.15) is 0 Å². The zero-order valence-electron chi connectivity index (χ0n) is 32.4. The van der Waals surface area contributed by atoms with Crippen molar-refractivity contribution in [3.63, 3.8) is 0 Å². The van der Waals surface area contributed by atoms with Crippen molar-refractivity contribution in [2.75, 3.05) is 34.5 Å². The fraction of sp³-hybridized carbons (Fsp3) is 0.886. The van der Waals surface area contributed by atoms with Gasteiger partial charge in [0.15, 0.2) is 12.4 Å². The van der Waals surface area contributed by atoms with Crippen molar-refractivity contribution in [2.45, 2.75) is 142 Å². The molecule has 2 rings (SSSR count). The zero-order chi connectivity index (χ0) is 38.8. The van der Waals surface area contributed by atoms with E-state index >= 15 is 0 Å². The summed E-state index contributed by atoms with van der Waals surface area (Å²) in [6, 6.07) is -0.914. The number of nitrogens with zero attached hydrogens (tertiary/aromatic N) is 5. The Morgan fingerprint density at radius 3 is 2.33 bits per heavy atom. The first-order chi connectivity index (χ1) is 23.9. The van der Waals surface area contributed by atoms with E-state index in [9.17, 15) is 24.3 Å². The van der Waals surface area contributed by atoms with E-state index in [2.05, 4.69) is 10.0 Å². The molecule has 0 spiro atoms. The molecule has 2 aliphatic rings. The normalized spacial score (nSPS) is 27.0. The van der Waals surface area contributed by atoms with Crippen molar-refractivity contribution < 1.29 is 52.7 Å². The van der Waals surface area contributed by atoms with Crippen molar-refractivity contribution >= 4 is 23.8 Å². The topological polar surface area (TPSA) is 199 Å². The number of aliphatic hydroxyl groups excluding tert-OH is 1. The molecule has 51 heavy (non-hydrogen) atoms. The Hall–Kier alpha value is -3.01. The van der Waals surface area contributed by atoms with Crippen molar-refractivity contribution in [3.05, 3.63) is 10.4 Å². The third-order valence-corrected chi connectivity index (χ3v) is 10.5. The molecule has 0 aliphatic carbocycles. The smallest absolute Gasteiger partial charge is 0.410 e. The highest BCUT2D eigenvalue weighted by molar-refractivity contribution is 5.84. The minimum Gasteiger partial charge on any atom is -0.462 e. The van der Waals surface area contributed by atoms with Gasteiger partial charge in [0.1, 0.15) is 25.2 Å². The van der Waals surface area contributed by atoms with Crippen LogP contribution in [-0.2, 0) is 42.8 Å². The Morgan fingerprint density at radius 2 is 1.80 bits per heavy atom. The number of hydrogen-bond donors (Lipinski definition) is 1. The number of carbonyl (C=O) groups is 4. The van der Waals surface area contributed by atoms with Gasteiger partial charge in [-0.1, -0.05) is 39.7 Å². The van der Waals surface area contributed by atoms with Crippen molar-refractivity contribution in [1.82, 2.24) is 9.80 Å². The maximum Gasteiger partial charge on any atom is 0.410 e. The standard InChI is InChI=1S/C35H61N5O11/c1-13-25(14-2)50-32(44)23(7)29(43)22(6)31(51-33-30(49-24(8)41)26(39(10)11)15-20(4)48-33)35(9,46-12)16-19(3)28(42)21(5)27-17-47-34(45)40(27)18-37-38-36/h19-23,25-27,29-31,33,43H,13-18H2,1-12H3/t19-,20?,21-,22?,23-,26?,27+,29+,30?,31-,33?,35+/m1/s1. The number of hydrogen-bond acceptors (Lipinski definition) is 13. The number of Topliss-reactive ketones (excluding diaryl/α,β-unsaturated/α-hetero) is 1. The minimum absolute atomic E-state index is 0.0391. The minimum atomic E-state index is -1.28. The van der Waals surface area contributed by atoms with E-state index in [0.29, 0.717) is 19.3 Å². The van der Waals surface area contributed by atoms with E-state index in [0.717, 1.165) is 0 Å². The van der Waals surface area contributed by atoms with Gasteiger partial charge >= 0.3 is 18.0 Å². The van der Waals surface area contributed by atoms with Crippen molar-refractivity contribution in [3.8, 4) is 0 Å². The Balaban J connectivity index is 2.53. The second-order valence-electron chi connectivity index (χ2n) is 14.5. The first kappa shape index (κ1) is 44.2. The molecule has 0 radical (unpaired) electrons. The van der Waals surface area contributed by atoms with Gasteiger partial charge in [-0.25, -0.2) is 4.79 Å². The highest BCUT2D eigenvalue weighted by atomic mass is 16.7. The van der Waals surface area contributed by atoms with Crippen LogP contribution in [0.2, 0.25) is 0 Å². The maximum absolute atomic E-state index is 14.0.